The van der Waals surface area contributed by atoms with Gasteiger partial charge in [-0.15, -0.1) is 0 Å². The van der Waals surface area contributed by atoms with Crippen molar-refractivity contribution < 1.29 is 37.0 Å². The van der Waals surface area contributed by atoms with Gasteiger partial charge >= 0.3 is 12.1 Å². The first-order valence-corrected chi connectivity index (χ1v) is 11.3. The fourth-order valence-electron chi connectivity index (χ4n) is 4.21. The molecule has 1 atom stereocenters. The van der Waals surface area contributed by atoms with Crippen molar-refractivity contribution in [3.05, 3.63) is 47.3 Å². The molecular formula is C23H25F3N4O5. The molecule has 2 fully saturated rings. The van der Waals surface area contributed by atoms with Crippen LogP contribution >= 0.6 is 0 Å². The van der Waals surface area contributed by atoms with Crippen molar-refractivity contribution in [3.8, 4) is 5.69 Å². The van der Waals surface area contributed by atoms with Crippen molar-refractivity contribution in [2.75, 3.05) is 39.4 Å². The van der Waals surface area contributed by atoms with Gasteiger partial charge in [0.25, 0.3) is 11.8 Å². The summed E-state index contributed by atoms with van der Waals surface area (Å²) in [6.07, 6.45) is -2.88. The molecule has 12 heteroatoms. The van der Waals surface area contributed by atoms with Gasteiger partial charge in [-0.25, -0.2) is 9.48 Å². The third-order valence-electron chi connectivity index (χ3n) is 5.98. The molecule has 2 aromatic rings. The molecule has 0 bridgehead atoms. The zero-order valence-corrected chi connectivity index (χ0v) is 19.1. The van der Waals surface area contributed by atoms with Crippen molar-refractivity contribution in [3.63, 3.8) is 0 Å². The first kappa shape index (κ1) is 24.7. The number of rotatable bonds is 5. The minimum Gasteiger partial charge on any atom is -0.462 e. The van der Waals surface area contributed by atoms with Crippen molar-refractivity contribution in [1.82, 2.24) is 19.6 Å². The number of halogens is 3. The van der Waals surface area contributed by atoms with Crippen molar-refractivity contribution in [2.45, 2.75) is 32.0 Å². The number of hydrogen-bond acceptors (Lipinski definition) is 6. The molecule has 188 valence electrons. The van der Waals surface area contributed by atoms with E-state index in [2.05, 4.69) is 5.10 Å². The van der Waals surface area contributed by atoms with Crippen LogP contribution in [0.4, 0.5) is 13.2 Å². The Morgan fingerprint density at radius 3 is 2.31 bits per heavy atom. The number of alkyl halides is 3. The summed E-state index contributed by atoms with van der Waals surface area (Å²) in [4.78, 5) is 40.6. The SMILES string of the molecule is CCOC(=O)c1cnn(-c2ccc(C(=O)N3CCN(C(=O)C4CCCO4)CC3)cc2)c1C(F)(F)F. The summed E-state index contributed by atoms with van der Waals surface area (Å²) >= 11 is 0. The average molecular weight is 494 g/mol. The molecule has 1 aromatic heterocycles. The zero-order valence-electron chi connectivity index (χ0n) is 19.1. The molecule has 0 N–H and O–H groups in total. The standard InChI is InChI=1S/C23H25F3N4O5/c1-2-34-22(33)17-14-27-30(19(17)23(24,25)26)16-7-5-15(6-8-16)20(31)28-9-11-29(12-10-28)21(32)18-4-3-13-35-18/h5-8,14,18H,2-4,9-13H2,1H3. The number of benzene rings is 1. The maximum absolute atomic E-state index is 13.7. The van der Waals surface area contributed by atoms with Crippen molar-refractivity contribution in [1.29, 1.82) is 0 Å². The summed E-state index contributed by atoms with van der Waals surface area (Å²) in [6, 6.07) is 5.49. The average Bonchev–Trinajstić information content (AvgIpc) is 3.54. The van der Waals surface area contributed by atoms with E-state index in [9.17, 15) is 27.6 Å². The monoisotopic (exact) mass is 494 g/mol. The first-order chi connectivity index (χ1) is 16.7. The van der Waals surface area contributed by atoms with Crippen LogP contribution in [0.15, 0.2) is 30.5 Å². The summed E-state index contributed by atoms with van der Waals surface area (Å²) in [5.41, 5.74) is -1.60. The number of carbonyl (C=O) groups excluding carboxylic acids is 3. The quantitative estimate of drug-likeness (QED) is 0.593. The van der Waals surface area contributed by atoms with E-state index in [1.807, 2.05) is 0 Å². The maximum atomic E-state index is 13.7. The van der Waals surface area contributed by atoms with Gasteiger partial charge in [-0.1, -0.05) is 0 Å². The van der Waals surface area contributed by atoms with Crippen LogP contribution in [-0.4, -0.2) is 82.9 Å². The fraction of sp³-hybridized carbons (Fsp3) is 0.478. The highest BCUT2D eigenvalue weighted by Gasteiger charge is 2.41. The van der Waals surface area contributed by atoms with E-state index in [1.54, 1.807) is 9.80 Å². The van der Waals surface area contributed by atoms with Gasteiger partial charge in [0, 0.05) is 38.3 Å². The second-order valence-corrected chi connectivity index (χ2v) is 8.20. The molecule has 2 aliphatic rings. The Morgan fingerprint density at radius 1 is 1.09 bits per heavy atom. The molecule has 1 aromatic carbocycles. The summed E-state index contributed by atoms with van der Waals surface area (Å²) in [7, 11) is 0. The van der Waals surface area contributed by atoms with Gasteiger partial charge in [-0.05, 0) is 44.0 Å². The maximum Gasteiger partial charge on any atom is 0.434 e. The Balaban J connectivity index is 1.45. The second kappa shape index (κ2) is 10.1. The summed E-state index contributed by atoms with van der Waals surface area (Å²) in [6.45, 7) is 3.47. The highest BCUT2D eigenvalue weighted by Crippen LogP contribution is 2.34. The lowest BCUT2D eigenvalue weighted by molar-refractivity contribution is -0.143. The molecule has 9 nitrogen and oxygen atoms in total. The van der Waals surface area contributed by atoms with Crippen LogP contribution in [0.3, 0.4) is 0 Å². The molecule has 2 aliphatic heterocycles. The van der Waals surface area contributed by atoms with Crippen LogP contribution in [0.25, 0.3) is 5.69 Å². The Hall–Kier alpha value is -3.41. The minimum atomic E-state index is -4.85. The van der Waals surface area contributed by atoms with Crippen molar-refractivity contribution in [2.24, 2.45) is 0 Å². The predicted octanol–water partition coefficient (Wildman–Crippen LogP) is 2.53. The van der Waals surface area contributed by atoms with E-state index in [4.69, 9.17) is 9.47 Å². The smallest absolute Gasteiger partial charge is 0.434 e. The third-order valence-corrected chi connectivity index (χ3v) is 5.98. The number of aromatic nitrogens is 2. The number of piperazine rings is 1. The van der Waals surface area contributed by atoms with E-state index in [0.717, 1.165) is 12.6 Å². The normalized spacial score (nSPS) is 18.6. The molecule has 3 heterocycles. The van der Waals surface area contributed by atoms with Crippen LogP contribution in [0.2, 0.25) is 0 Å². The Bertz CT molecular complexity index is 1090. The predicted molar refractivity (Wildman–Crippen MR) is 116 cm³/mol. The highest BCUT2D eigenvalue weighted by atomic mass is 19.4. The lowest BCUT2D eigenvalue weighted by Gasteiger charge is -2.35. The molecule has 0 radical (unpaired) electrons. The first-order valence-electron chi connectivity index (χ1n) is 11.3. The Morgan fingerprint density at radius 2 is 1.74 bits per heavy atom. The van der Waals surface area contributed by atoms with Gasteiger partial charge in [0.2, 0.25) is 0 Å². The van der Waals surface area contributed by atoms with E-state index in [0.29, 0.717) is 49.5 Å². The molecule has 1 unspecified atom stereocenters. The summed E-state index contributed by atoms with van der Waals surface area (Å²) in [5.74, 6) is -1.46. The van der Waals surface area contributed by atoms with Crippen LogP contribution in [0.5, 0.6) is 0 Å². The lowest BCUT2D eigenvalue weighted by Crippen LogP contribution is -2.52. The summed E-state index contributed by atoms with van der Waals surface area (Å²) in [5, 5.41) is 3.73. The highest BCUT2D eigenvalue weighted by molar-refractivity contribution is 5.95. The molecule has 0 saturated carbocycles. The number of amides is 2. The number of hydrogen-bond donors (Lipinski definition) is 0. The third kappa shape index (κ3) is 5.16. The van der Waals surface area contributed by atoms with E-state index >= 15 is 0 Å². The van der Waals surface area contributed by atoms with Gasteiger partial charge in [-0.3, -0.25) is 9.59 Å². The van der Waals surface area contributed by atoms with Crippen LogP contribution in [0, 0.1) is 0 Å². The topological polar surface area (TPSA) is 94.0 Å². The van der Waals surface area contributed by atoms with Gasteiger partial charge in [0.15, 0.2) is 5.69 Å². The summed E-state index contributed by atoms with van der Waals surface area (Å²) < 4.78 is 51.9. The lowest BCUT2D eigenvalue weighted by atomic mass is 10.1. The van der Waals surface area contributed by atoms with Gasteiger partial charge in [-0.2, -0.15) is 18.3 Å². The van der Waals surface area contributed by atoms with Gasteiger partial charge in [0.05, 0.1) is 18.5 Å². The largest absolute Gasteiger partial charge is 0.462 e. The molecule has 2 saturated heterocycles. The Labute approximate surface area is 199 Å². The van der Waals surface area contributed by atoms with Gasteiger partial charge in [0.1, 0.15) is 11.7 Å². The Kier molecular flexibility index (Phi) is 7.10. The van der Waals surface area contributed by atoms with E-state index in [1.165, 1.54) is 31.2 Å². The number of carbonyl (C=O) groups is 3. The molecular weight excluding hydrogens is 469 g/mol. The van der Waals surface area contributed by atoms with E-state index < -0.39 is 29.5 Å². The van der Waals surface area contributed by atoms with Crippen LogP contribution in [0.1, 0.15) is 46.2 Å². The number of nitrogens with zero attached hydrogens (tertiary/aromatic N) is 4. The molecule has 0 spiro atoms. The number of esters is 1. The van der Waals surface area contributed by atoms with Crippen LogP contribution < -0.4 is 0 Å². The van der Waals surface area contributed by atoms with Gasteiger partial charge < -0.3 is 19.3 Å². The van der Waals surface area contributed by atoms with E-state index in [-0.39, 0.29) is 24.1 Å². The molecule has 0 aliphatic carbocycles. The van der Waals surface area contributed by atoms with Crippen molar-refractivity contribution >= 4 is 17.8 Å². The van der Waals surface area contributed by atoms with Crippen LogP contribution in [-0.2, 0) is 20.4 Å². The second-order valence-electron chi connectivity index (χ2n) is 8.20. The molecule has 4 rings (SSSR count). The molecule has 2 amide bonds. The minimum absolute atomic E-state index is 0.0383. The fourth-order valence-corrected chi connectivity index (χ4v) is 4.21. The zero-order chi connectivity index (χ0) is 25.2. The number of ether oxygens (including phenoxy) is 2. The molecule has 35 heavy (non-hydrogen) atoms.